The van der Waals surface area contributed by atoms with E-state index in [0.29, 0.717) is 0 Å². The van der Waals surface area contributed by atoms with Gasteiger partial charge in [-0.1, -0.05) is 12.1 Å². The molecule has 2 aromatic heterocycles. The fourth-order valence-corrected chi connectivity index (χ4v) is 2.99. The summed E-state index contributed by atoms with van der Waals surface area (Å²) in [6.07, 6.45) is 5.54. The maximum Gasteiger partial charge on any atom is 0.246 e. The van der Waals surface area contributed by atoms with E-state index in [1.165, 1.54) is 19.2 Å². The van der Waals surface area contributed by atoms with Gasteiger partial charge in [-0.2, -0.15) is 0 Å². The molecule has 0 aliphatic rings. The number of aryl methyl sites for hydroxylation is 1. The summed E-state index contributed by atoms with van der Waals surface area (Å²) in [5.41, 5.74) is 2.74. The third-order valence-corrected chi connectivity index (χ3v) is 4.15. The molecule has 1 atom stereocenters. The average molecular weight is 341 g/mol. The molecule has 1 aromatic carbocycles. The Morgan fingerprint density at radius 3 is 2.76 bits per heavy atom. The van der Waals surface area contributed by atoms with Crippen molar-refractivity contribution < 1.29 is 13.9 Å². The smallest absolute Gasteiger partial charge is 0.246 e. The number of pyridine rings is 1. The number of aromatic nitrogens is 2. The summed E-state index contributed by atoms with van der Waals surface area (Å²) in [4.78, 5) is 16.3. The van der Waals surface area contributed by atoms with Gasteiger partial charge in [0.2, 0.25) is 5.91 Å². The first kappa shape index (κ1) is 17.1. The lowest BCUT2D eigenvalue weighted by Crippen LogP contribution is -2.32. The predicted octanol–water partition coefficient (Wildman–Crippen LogP) is 3.05. The molecule has 0 saturated heterocycles. The van der Waals surface area contributed by atoms with Crippen LogP contribution in [0.1, 0.15) is 24.1 Å². The van der Waals surface area contributed by atoms with Gasteiger partial charge in [-0.3, -0.25) is 9.78 Å². The van der Waals surface area contributed by atoms with E-state index in [1.807, 2.05) is 19.2 Å². The number of amides is 1. The minimum Gasteiger partial charge on any atom is -0.375 e. The Labute approximate surface area is 145 Å². The van der Waals surface area contributed by atoms with Crippen LogP contribution in [0.5, 0.6) is 0 Å². The Morgan fingerprint density at radius 2 is 2.08 bits per heavy atom. The third-order valence-electron chi connectivity index (χ3n) is 4.15. The van der Waals surface area contributed by atoms with Crippen molar-refractivity contribution in [2.24, 2.45) is 0 Å². The van der Waals surface area contributed by atoms with E-state index in [0.717, 1.165) is 28.6 Å². The van der Waals surface area contributed by atoms with Gasteiger partial charge in [-0.25, -0.2) is 4.39 Å². The second-order valence-corrected chi connectivity index (χ2v) is 5.75. The van der Waals surface area contributed by atoms with Crippen LogP contribution >= 0.6 is 0 Å². The molecular weight excluding hydrogens is 321 g/mol. The number of hydrogen-bond acceptors (Lipinski definition) is 3. The zero-order valence-electron chi connectivity index (χ0n) is 14.2. The molecule has 1 amide bonds. The van der Waals surface area contributed by atoms with Crippen LogP contribution in [0, 0.1) is 5.82 Å². The lowest BCUT2D eigenvalue weighted by molar-refractivity contribution is -0.125. The average Bonchev–Trinajstić information content (AvgIpc) is 2.99. The molecule has 0 bridgehead atoms. The van der Waals surface area contributed by atoms with Gasteiger partial charge in [0, 0.05) is 37.0 Å². The van der Waals surface area contributed by atoms with E-state index in [9.17, 15) is 9.18 Å². The summed E-state index contributed by atoms with van der Waals surface area (Å²) < 4.78 is 20.3. The van der Waals surface area contributed by atoms with Crippen molar-refractivity contribution >= 4 is 16.8 Å². The molecule has 0 aliphatic heterocycles. The molecule has 0 unspecified atom stereocenters. The van der Waals surface area contributed by atoms with Crippen molar-refractivity contribution in [1.82, 2.24) is 14.9 Å². The molecule has 0 fully saturated rings. The Kier molecular flexibility index (Phi) is 5.09. The quantitative estimate of drug-likeness (QED) is 0.750. The van der Waals surface area contributed by atoms with Crippen molar-refractivity contribution in [2.45, 2.75) is 19.5 Å². The standard InChI is InChI=1S/C19H20FN3O2/c1-3-23-11-16(15-8-9-21-10-17(15)23)19(22-18(24)12-25-2)13-4-6-14(20)7-5-13/h4-11,19H,3,12H2,1-2H3,(H,22,24)/t19-/m0/s1. The lowest BCUT2D eigenvalue weighted by atomic mass is 9.98. The van der Waals surface area contributed by atoms with Gasteiger partial charge < -0.3 is 14.6 Å². The van der Waals surface area contributed by atoms with Crippen LogP contribution in [0.2, 0.25) is 0 Å². The van der Waals surface area contributed by atoms with E-state index in [1.54, 1.807) is 24.5 Å². The Balaban J connectivity index is 2.11. The monoisotopic (exact) mass is 341 g/mol. The molecule has 5 nitrogen and oxygen atoms in total. The summed E-state index contributed by atoms with van der Waals surface area (Å²) in [5, 5.41) is 3.98. The number of nitrogens with zero attached hydrogens (tertiary/aromatic N) is 2. The number of rotatable bonds is 6. The fourth-order valence-electron chi connectivity index (χ4n) is 2.99. The van der Waals surface area contributed by atoms with Crippen LogP contribution in [0.25, 0.3) is 10.9 Å². The molecule has 3 aromatic rings. The number of ether oxygens (including phenoxy) is 1. The molecule has 1 N–H and O–H groups in total. The Hall–Kier alpha value is -2.73. The summed E-state index contributed by atoms with van der Waals surface area (Å²) in [7, 11) is 1.47. The van der Waals surface area contributed by atoms with Crippen molar-refractivity contribution in [3.05, 3.63) is 65.9 Å². The minimum absolute atomic E-state index is 0.0360. The van der Waals surface area contributed by atoms with E-state index < -0.39 is 6.04 Å². The summed E-state index contributed by atoms with van der Waals surface area (Å²) in [6.45, 7) is 2.79. The molecule has 0 radical (unpaired) electrons. The number of benzene rings is 1. The van der Waals surface area contributed by atoms with Crippen LogP contribution in [0.4, 0.5) is 4.39 Å². The number of carbonyl (C=O) groups excluding carboxylic acids is 1. The summed E-state index contributed by atoms with van der Waals surface area (Å²) in [6, 6.07) is 7.68. The van der Waals surface area contributed by atoms with Crippen molar-refractivity contribution in [3.63, 3.8) is 0 Å². The zero-order chi connectivity index (χ0) is 17.8. The normalized spacial score (nSPS) is 12.3. The molecule has 6 heteroatoms. The predicted molar refractivity (Wildman–Crippen MR) is 93.7 cm³/mol. The molecular formula is C19H20FN3O2. The van der Waals surface area contributed by atoms with Crippen molar-refractivity contribution in [3.8, 4) is 0 Å². The van der Waals surface area contributed by atoms with Gasteiger partial charge in [0.1, 0.15) is 12.4 Å². The van der Waals surface area contributed by atoms with Crippen LogP contribution in [-0.2, 0) is 16.1 Å². The Bertz CT molecular complexity index is 874. The topological polar surface area (TPSA) is 56.2 Å². The highest BCUT2D eigenvalue weighted by Crippen LogP contribution is 2.30. The van der Waals surface area contributed by atoms with E-state index in [4.69, 9.17) is 4.74 Å². The van der Waals surface area contributed by atoms with Crippen LogP contribution in [-0.4, -0.2) is 29.2 Å². The minimum atomic E-state index is -0.402. The number of carbonyl (C=O) groups is 1. The number of hydrogen-bond donors (Lipinski definition) is 1. The number of nitrogens with one attached hydrogen (secondary N) is 1. The molecule has 3 rings (SSSR count). The number of halogens is 1. The van der Waals surface area contributed by atoms with Gasteiger partial charge in [-0.05, 0) is 30.7 Å². The SMILES string of the molecule is CCn1cc([C@@H](NC(=O)COC)c2ccc(F)cc2)c2ccncc21. The molecule has 0 spiro atoms. The highest BCUT2D eigenvalue weighted by molar-refractivity contribution is 5.85. The fraction of sp³-hybridized carbons (Fsp3) is 0.263. The van der Waals surface area contributed by atoms with Gasteiger partial charge in [0.05, 0.1) is 17.8 Å². The second kappa shape index (κ2) is 7.44. The second-order valence-electron chi connectivity index (χ2n) is 5.75. The van der Waals surface area contributed by atoms with Crippen molar-refractivity contribution in [2.75, 3.05) is 13.7 Å². The summed E-state index contributed by atoms with van der Waals surface area (Å²) >= 11 is 0. The van der Waals surface area contributed by atoms with Crippen LogP contribution in [0.3, 0.4) is 0 Å². The lowest BCUT2D eigenvalue weighted by Gasteiger charge is -2.19. The highest BCUT2D eigenvalue weighted by Gasteiger charge is 2.21. The van der Waals surface area contributed by atoms with Gasteiger partial charge in [0.15, 0.2) is 0 Å². The van der Waals surface area contributed by atoms with Gasteiger partial charge in [-0.15, -0.1) is 0 Å². The van der Waals surface area contributed by atoms with Crippen LogP contribution < -0.4 is 5.32 Å². The zero-order valence-corrected chi connectivity index (χ0v) is 14.2. The largest absolute Gasteiger partial charge is 0.375 e. The van der Waals surface area contributed by atoms with Gasteiger partial charge >= 0.3 is 0 Å². The molecule has 0 saturated carbocycles. The molecule has 2 heterocycles. The Morgan fingerprint density at radius 1 is 1.32 bits per heavy atom. The number of fused-ring (bicyclic) bond motifs is 1. The maximum atomic E-state index is 13.3. The van der Waals surface area contributed by atoms with Gasteiger partial charge in [0.25, 0.3) is 0 Å². The van der Waals surface area contributed by atoms with Crippen molar-refractivity contribution in [1.29, 1.82) is 0 Å². The number of methoxy groups -OCH3 is 1. The van der Waals surface area contributed by atoms with E-state index >= 15 is 0 Å². The summed E-state index contributed by atoms with van der Waals surface area (Å²) in [5.74, 6) is -0.547. The van der Waals surface area contributed by atoms with E-state index in [-0.39, 0.29) is 18.3 Å². The first-order chi connectivity index (χ1) is 12.1. The first-order valence-corrected chi connectivity index (χ1v) is 8.10. The van der Waals surface area contributed by atoms with Crippen LogP contribution in [0.15, 0.2) is 48.9 Å². The molecule has 25 heavy (non-hydrogen) atoms. The first-order valence-electron chi connectivity index (χ1n) is 8.10. The highest BCUT2D eigenvalue weighted by atomic mass is 19.1. The molecule has 0 aliphatic carbocycles. The third kappa shape index (κ3) is 3.53. The maximum absolute atomic E-state index is 13.3. The van der Waals surface area contributed by atoms with E-state index in [2.05, 4.69) is 14.9 Å². The molecule has 130 valence electrons.